The van der Waals surface area contributed by atoms with Gasteiger partial charge in [-0.2, -0.15) is 0 Å². The number of anilines is 1. The Morgan fingerprint density at radius 3 is 2.68 bits per heavy atom. The molecule has 0 aliphatic heterocycles. The number of thiazole rings is 1. The third kappa shape index (κ3) is 3.86. The van der Waals surface area contributed by atoms with E-state index in [9.17, 15) is 19.3 Å². The zero-order valence-corrected chi connectivity index (χ0v) is 13.6. The number of nitrogens with one attached hydrogen (secondary N) is 1. The monoisotopic (exact) mass is 357 g/mol. The molecule has 0 radical (unpaired) electrons. The number of carbonyl (C=O) groups is 1. The molecule has 8 heteroatoms. The fraction of sp³-hybridized carbons (Fsp3) is 0.0588. The molecule has 6 nitrogen and oxygen atoms in total. The van der Waals surface area contributed by atoms with E-state index < -0.39 is 16.6 Å². The molecule has 1 amide bonds. The van der Waals surface area contributed by atoms with E-state index in [-0.39, 0.29) is 12.1 Å². The third-order valence-corrected chi connectivity index (χ3v) is 4.20. The Kier molecular flexibility index (Phi) is 4.80. The smallest absolute Gasteiger partial charge is 0.273 e. The predicted molar refractivity (Wildman–Crippen MR) is 92.9 cm³/mol. The van der Waals surface area contributed by atoms with E-state index in [2.05, 4.69) is 10.3 Å². The van der Waals surface area contributed by atoms with Crippen LogP contribution in [0, 0.1) is 15.9 Å². The first-order valence-corrected chi connectivity index (χ1v) is 8.15. The number of carbonyl (C=O) groups excluding carboxylic acids is 1. The molecule has 0 atom stereocenters. The number of halogens is 1. The van der Waals surface area contributed by atoms with Crippen molar-refractivity contribution in [2.45, 2.75) is 6.42 Å². The predicted octanol–water partition coefficient (Wildman–Crippen LogP) is 4.04. The number of amides is 1. The van der Waals surface area contributed by atoms with Gasteiger partial charge in [-0.05, 0) is 12.1 Å². The number of nitrogens with zero attached hydrogens (tertiary/aromatic N) is 2. The number of hydrogen-bond donors (Lipinski definition) is 1. The second-order valence-electron chi connectivity index (χ2n) is 5.13. The number of nitro groups is 1. The molecule has 126 valence electrons. The van der Waals surface area contributed by atoms with Crippen molar-refractivity contribution >= 4 is 28.1 Å². The molecular weight excluding hydrogens is 345 g/mol. The van der Waals surface area contributed by atoms with Crippen LogP contribution in [0.25, 0.3) is 11.3 Å². The van der Waals surface area contributed by atoms with Gasteiger partial charge < -0.3 is 5.32 Å². The molecule has 0 aliphatic carbocycles. The van der Waals surface area contributed by atoms with Crippen LogP contribution < -0.4 is 5.32 Å². The molecule has 1 heterocycles. The lowest BCUT2D eigenvalue weighted by molar-refractivity contribution is -0.385. The quantitative estimate of drug-likeness (QED) is 0.552. The topological polar surface area (TPSA) is 85.1 Å². The first-order chi connectivity index (χ1) is 12.0. The number of hydrogen-bond acceptors (Lipinski definition) is 5. The zero-order chi connectivity index (χ0) is 17.8. The van der Waals surface area contributed by atoms with Crippen LogP contribution in [0.1, 0.15) is 5.56 Å². The summed E-state index contributed by atoms with van der Waals surface area (Å²) in [5.41, 5.74) is 0.974. The molecule has 3 rings (SSSR count). The molecule has 3 aromatic rings. The molecule has 2 aromatic carbocycles. The Morgan fingerprint density at radius 2 is 1.92 bits per heavy atom. The minimum absolute atomic E-state index is 0.108. The van der Waals surface area contributed by atoms with Gasteiger partial charge in [0.2, 0.25) is 5.91 Å². The first kappa shape index (κ1) is 16.7. The molecule has 1 N–H and O–H groups in total. The Bertz CT molecular complexity index is 942. The second-order valence-corrected chi connectivity index (χ2v) is 5.99. The van der Waals surface area contributed by atoms with Crippen LogP contribution in [-0.4, -0.2) is 15.8 Å². The Labute approximate surface area is 146 Å². The highest BCUT2D eigenvalue weighted by Gasteiger charge is 2.16. The van der Waals surface area contributed by atoms with Gasteiger partial charge in [0.05, 0.1) is 17.0 Å². The van der Waals surface area contributed by atoms with E-state index in [0.717, 1.165) is 11.3 Å². The highest BCUT2D eigenvalue weighted by atomic mass is 32.1. The minimum atomic E-state index is -0.526. The lowest BCUT2D eigenvalue weighted by Crippen LogP contribution is -2.15. The van der Waals surface area contributed by atoms with Gasteiger partial charge in [-0.1, -0.05) is 30.3 Å². The van der Waals surface area contributed by atoms with E-state index in [1.807, 2.05) is 0 Å². The molecule has 1 aromatic heterocycles. The van der Waals surface area contributed by atoms with Gasteiger partial charge in [-0.3, -0.25) is 14.9 Å². The van der Waals surface area contributed by atoms with Gasteiger partial charge >= 0.3 is 0 Å². The van der Waals surface area contributed by atoms with Gasteiger partial charge in [-0.25, -0.2) is 9.37 Å². The molecule has 0 saturated carbocycles. The van der Waals surface area contributed by atoms with Gasteiger partial charge in [0.1, 0.15) is 5.82 Å². The molecule has 0 spiro atoms. The van der Waals surface area contributed by atoms with Crippen molar-refractivity contribution in [2.24, 2.45) is 0 Å². The normalized spacial score (nSPS) is 10.4. The lowest BCUT2D eigenvalue weighted by Gasteiger charge is -2.03. The Hall–Kier alpha value is -3.13. The van der Waals surface area contributed by atoms with Crippen molar-refractivity contribution < 1.29 is 14.1 Å². The van der Waals surface area contributed by atoms with Gasteiger partial charge in [0.15, 0.2) is 5.13 Å². The summed E-state index contributed by atoms with van der Waals surface area (Å²) in [6.45, 7) is 0. The molecule has 0 bridgehead atoms. The van der Waals surface area contributed by atoms with Crippen molar-refractivity contribution in [1.82, 2.24) is 4.98 Å². The largest absolute Gasteiger partial charge is 0.302 e. The van der Waals surface area contributed by atoms with Crippen LogP contribution in [-0.2, 0) is 11.2 Å². The van der Waals surface area contributed by atoms with Crippen LogP contribution in [0.3, 0.4) is 0 Å². The third-order valence-electron chi connectivity index (χ3n) is 3.44. The average Bonchev–Trinajstić information content (AvgIpc) is 3.03. The van der Waals surface area contributed by atoms with Crippen molar-refractivity contribution in [3.05, 3.63) is 75.4 Å². The van der Waals surface area contributed by atoms with Gasteiger partial charge in [0, 0.05) is 22.6 Å². The zero-order valence-electron chi connectivity index (χ0n) is 12.8. The van der Waals surface area contributed by atoms with Crippen molar-refractivity contribution in [1.29, 1.82) is 0 Å². The maximum atomic E-state index is 13.8. The fourth-order valence-electron chi connectivity index (χ4n) is 2.30. The summed E-state index contributed by atoms with van der Waals surface area (Å²) >= 11 is 1.16. The van der Waals surface area contributed by atoms with E-state index >= 15 is 0 Å². The van der Waals surface area contributed by atoms with Crippen molar-refractivity contribution in [3.63, 3.8) is 0 Å². The van der Waals surface area contributed by atoms with Crippen LogP contribution in [0.4, 0.5) is 15.2 Å². The van der Waals surface area contributed by atoms with Gasteiger partial charge in [-0.15, -0.1) is 11.3 Å². The highest BCUT2D eigenvalue weighted by molar-refractivity contribution is 7.14. The van der Waals surface area contributed by atoms with Crippen LogP contribution >= 0.6 is 11.3 Å². The Balaban J connectivity index is 1.73. The summed E-state index contributed by atoms with van der Waals surface area (Å²) in [6.07, 6.45) is -0.147. The summed E-state index contributed by atoms with van der Waals surface area (Å²) in [7, 11) is 0. The molecular formula is C17H12FN3O3S. The van der Waals surface area contributed by atoms with Crippen LogP contribution in [0.2, 0.25) is 0 Å². The lowest BCUT2D eigenvalue weighted by atomic mass is 10.1. The molecule has 0 aliphatic rings. The SMILES string of the molecule is O=C(Cc1ccccc1[N+](=O)[O-])Nc1nc(-c2ccccc2F)cs1. The number of para-hydroxylation sites is 1. The number of aromatic nitrogens is 1. The molecule has 25 heavy (non-hydrogen) atoms. The minimum Gasteiger partial charge on any atom is -0.302 e. The molecule has 0 saturated heterocycles. The average molecular weight is 357 g/mol. The molecule has 0 unspecified atom stereocenters. The summed E-state index contributed by atoms with van der Waals surface area (Å²) in [6, 6.07) is 12.3. The maximum absolute atomic E-state index is 13.8. The van der Waals surface area contributed by atoms with E-state index in [0.29, 0.717) is 22.0 Å². The van der Waals surface area contributed by atoms with Gasteiger partial charge in [0.25, 0.3) is 5.69 Å². The molecule has 0 fully saturated rings. The van der Waals surface area contributed by atoms with Crippen molar-refractivity contribution in [2.75, 3.05) is 5.32 Å². The number of benzene rings is 2. The fourth-order valence-corrected chi connectivity index (χ4v) is 3.03. The van der Waals surface area contributed by atoms with Crippen molar-refractivity contribution in [3.8, 4) is 11.3 Å². The highest BCUT2D eigenvalue weighted by Crippen LogP contribution is 2.27. The van der Waals surface area contributed by atoms with E-state index in [1.165, 1.54) is 18.2 Å². The number of nitro benzene ring substituents is 1. The van der Waals surface area contributed by atoms with E-state index in [1.54, 1.807) is 35.7 Å². The summed E-state index contributed by atoms with van der Waals surface area (Å²) < 4.78 is 13.8. The standard InChI is InChI=1S/C17H12FN3O3S/c18-13-7-3-2-6-12(13)14-10-25-17(19-14)20-16(22)9-11-5-1-4-8-15(11)21(23)24/h1-8,10H,9H2,(H,19,20,22). The van der Waals surface area contributed by atoms with Crippen LogP contribution in [0.5, 0.6) is 0 Å². The Morgan fingerprint density at radius 1 is 1.20 bits per heavy atom. The second kappa shape index (κ2) is 7.18. The maximum Gasteiger partial charge on any atom is 0.273 e. The van der Waals surface area contributed by atoms with Crippen LogP contribution in [0.15, 0.2) is 53.9 Å². The number of rotatable bonds is 5. The first-order valence-electron chi connectivity index (χ1n) is 7.27. The summed E-state index contributed by atoms with van der Waals surface area (Å²) in [5.74, 6) is -0.825. The summed E-state index contributed by atoms with van der Waals surface area (Å²) in [5, 5.41) is 15.5. The van der Waals surface area contributed by atoms with E-state index in [4.69, 9.17) is 0 Å². The summed E-state index contributed by atoms with van der Waals surface area (Å²) in [4.78, 5) is 26.8.